The monoisotopic (exact) mass is 473 g/mol. The van der Waals surface area contributed by atoms with Crippen LogP contribution in [0, 0.1) is 0 Å². The maximum Gasteiger partial charge on any atom is 0.410 e. The molecule has 0 spiro atoms. The second kappa shape index (κ2) is 9.13. The molecule has 0 N–H and O–H groups in total. The Labute approximate surface area is 206 Å². The molecule has 0 bridgehead atoms. The summed E-state index contributed by atoms with van der Waals surface area (Å²) in [6.07, 6.45) is 5.01. The van der Waals surface area contributed by atoms with Gasteiger partial charge in [0.05, 0.1) is 18.5 Å². The molecule has 7 heteroatoms. The van der Waals surface area contributed by atoms with Crippen LogP contribution in [-0.2, 0) is 4.74 Å². The number of anilines is 2. The summed E-state index contributed by atoms with van der Waals surface area (Å²) in [6.45, 7) is 6.96. The van der Waals surface area contributed by atoms with Gasteiger partial charge in [0.1, 0.15) is 5.60 Å². The number of methoxy groups -OCH3 is 1. The SMILES string of the molecule is COc1cccc2c1Oc1cc(-c3cccnc3)ccc1N2C1CCN(C(=O)OC(C)(C)C)CC1. The van der Waals surface area contributed by atoms with E-state index in [1.165, 1.54) is 0 Å². The molecule has 35 heavy (non-hydrogen) atoms. The predicted octanol–water partition coefficient (Wildman–Crippen LogP) is 6.40. The highest BCUT2D eigenvalue weighted by atomic mass is 16.6. The number of hydrogen-bond donors (Lipinski definition) is 0. The van der Waals surface area contributed by atoms with Gasteiger partial charge in [-0.25, -0.2) is 4.79 Å². The first-order valence-corrected chi connectivity index (χ1v) is 12.0. The molecule has 1 saturated heterocycles. The zero-order chi connectivity index (χ0) is 24.6. The van der Waals surface area contributed by atoms with Crippen LogP contribution in [0.25, 0.3) is 11.1 Å². The number of ether oxygens (including phenoxy) is 3. The van der Waals surface area contributed by atoms with Crippen molar-refractivity contribution in [3.8, 4) is 28.4 Å². The van der Waals surface area contributed by atoms with Gasteiger partial charge in [0.25, 0.3) is 0 Å². The normalized spacial score (nSPS) is 15.7. The van der Waals surface area contributed by atoms with Crippen LogP contribution in [0.3, 0.4) is 0 Å². The third-order valence-corrected chi connectivity index (χ3v) is 6.35. The van der Waals surface area contributed by atoms with E-state index in [0.29, 0.717) is 24.6 Å². The number of benzene rings is 2. The van der Waals surface area contributed by atoms with Crippen molar-refractivity contribution in [3.63, 3.8) is 0 Å². The Morgan fingerprint density at radius 3 is 2.51 bits per heavy atom. The molecule has 7 nitrogen and oxygen atoms in total. The van der Waals surface area contributed by atoms with Crippen LogP contribution in [0.5, 0.6) is 17.2 Å². The average Bonchev–Trinajstić information content (AvgIpc) is 2.86. The standard InChI is InChI=1S/C28H31N3O4/c1-28(2,3)35-27(32)30-15-12-21(13-16-30)31-22-11-10-19(20-7-6-14-29-18-20)17-25(22)34-26-23(31)8-5-9-24(26)33-4/h5-11,14,17-18,21H,12-13,15-16H2,1-4H3. The maximum atomic E-state index is 12.6. The minimum Gasteiger partial charge on any atom is -0.493 e. The topological polar surface area (TPSA) is 64.1 Å². The molecule has 1 amide bonds. The molecular weight excluding hydrogens is 442 g/mol. The van der Waals surface area contributed by atoms with Crippen molar-refractivity contribution < 1.29 is 19.0 Å². The number of rotatable bonds is 3. The Morgan fingerprint density at radius 1 is 1.03 bits per heavy atom. The van der Waals surface area contributed by atoms with E-state index in [4.69, 9.17) is 14.2 Å². The number of likely N-dealkylation sites (tertiary alicyclic amines) is 1. The van der Waals surface area contributed by atoms with Crippen LogP contribution in [-0.4, -0.2) is 47.8 Å². The van der Waals surface area contributed by atoms with Crippen molar-refractivity contribution in [2.24, 2.45) is 0 Å². The molecule has 3 heterocycles. The Morgan fingerprint density at radius 2 is 1.83 bits per heavy atom. The van der Waals surface area contributed by atoms with E-state index in [1.807, 2.05) is 51.2 Å². The number of carbonyl (C=O) groups excluding carboxylic acids is 1. The van der Waals surface area contributed by atoms with Crippen LogP contribution < -0.4 is 14.4 Å². The number of hydrogen-bond acceptors (Lipinski definition) is 6. The lowest BCUT2D eigenvalue weighted by Crippen LogP contribution is -2.47. The fourth-order valence-electron chi connectivity index (χ4n) is 4.73. The van der Waals surface area contributed by atoms with Gasteiger partial charge in [0, 0.05) is 37.1 Å². The van der Waals surface area contributed by atoms with Crippen molar-refractivity contribution in [3.05, 3.63) is 60.9 Å². The van der Waals surface area contributed by atoms with Crippen molar-refractivity contribution in [2.45, 2.75) is 45.3 Å². The molecule has 0 atom stereocenters. The van der Waals surface area contributed by atoms with E-state index in [9.17, 15) is 4.79 Å². The van der Waals surface area contributed by atoms with Gasteiger partial charge in [-0.2, -0.15) is 0 Å². The third kappa shape index (κ3) is 4.63. The maximum absolute atomic E-state index is 12.6. The summed E-state index contributed by atoms with van der Waals surface area (Å²) in [5.74, 6) is 2.18. The molecule has 0 unspecified atom stereocenters. The van der Waals surface area contributed by atoms with Gasteiger partial charge in [-0.3, -0.25) is 4.98 Å². The second-order valence-corrected chi connectivity index (χ2v) is 9.90. The summed E-state index contributed by atoms with van der Waals surface area (Å²) >= 11 is 0. The zero-order valence-corrected chi connectivity index (χ0v) is 20.7. The Kier molecular flexibility index (Phi) is 6.01. The minimum absolute atomic E-state index is 0.200. The van der Waals surface area contributed by atoms with E-state index in [2.05, 4.69) is 34.1 Å². The van der Waals surface area contributed by atoms with E-state index < -0.39 is 5.60 Å². The largest absolute Gasteiger partial charge is 0.493 e. The number of amides is 1. The second-order valence-electron chi connectivity index (χ2n) is 9.90. The highest BCUT2D eigenvalue weighted by Gasteiger charge is 2.35. The zero-order valence-electron chi connectivity index (χ0n) is 20.7. The Hall–Kier alpha value is -3.74. The van der Waals surface area contributed by atoms with E-state index in [1.54, 1.807) is 18.2 Å². The minimum atomic E-state index is -0.501. The van der Waals surface area contributed by atoms with Gasteiger partial charge in [0.2, 0.25) is 0 Å². The summed E-state index contributed by atoms with van der Waals surface area (Å²) in [5.41, 5.74) is 3.55. The fraction of sp³-hybridized carbons (Fsp3) is 0.357. The smallest absolute Gasteiger partial charge is 0.410 e. The van der Waals surface area contributed by atoms with Crippen LogP contribution >= 0.6 is 0 Å². The fourth-order valence-corrected chi connectivity index (χ4v) is 4.73. The molecule has 182 valence electrons. The molecule has 3 aromatic rings. The number of pyridine rings is 1. The molecule has 0 saturated carbocycles. The molecule has 1 aromatic heterocycles. The quantitative estimate of drug-likeness (QED) is 0.439. The van der Waals surface area contributed by atoms with Crippen LogP contribution in [0.15, 0.2) is 60.9 Å². The molecule has 0 radical (unpaired) electrons. The van der Waals surface area contributed by atoms with Crippen molar-refractivity contribution in [2.75, 3.05) is 25.1 Å². The molecule has 1 fully saturated rings. The van der Waals surface area contributed by atoms with E-state index >= 15 is 0 Å². The van der Waals surface area contributed by atoms with Crippen LogP contribution in [0.2, 0.25) is 0 Å². The highest BCUT2D eigenvalue weighted by molar-refractivity contribution is 5.83. The predicted molar refractivity (Wildman–Crippen MR) is 136 cm³/mol. The van der Waals surface area contributed by atoms with Crippen molar-refractivity contribution >= 4 is 17.5 Å². The molecule has 0 aliphatic carbocycles. The molecule has 2 aromatic carbocycles. The number of nitrogens with zero attached hydrogens (tertiary/aromatic N) is 3. The highest BCUT2D eigenvalue weighted by Crippen LogP contribution is 2.53. The van der Waals surface area contributed by atoms with Crippen LogP contribution in [0.1, 0.15) is 33.6 Å². The summed E-state index contributed by atoms with van der Waals surface area (Å²) in [5, 5.41) is 0. The summed E-state index contributed by atoms with van der Waals surface area (Å²) in [6, 6.07) is 16.4. The van der Waals surface area contributed by atoms with E-state index in [-0.39, 0.29) is 12.1 Å². The Balaban J connectivity index is 1.47. The number of carbonyl (C=O) groups is 1. The van der Waals surface area contributed by atoms with Gasteiger partial charge < -0.3 is 24.0 Å². The lowest BCUT2D eigenvalue weighted by atomic mass is 9.98. The molecular formula is C28H31N3O4. The number of para-hydroxylation sites is 1. The van der Waals surface area contributed by atoms with Crippen molar-refractivity contribution in [1.29, 1.82) is 0 Å². The van der Waals surface area contributed by atoms with Gasteiger partial charge in [-0.1, -0.05) is 18.2 Å². The Bertz CT molecular complexity index is 1210. The first-order chi connectivity index (χ1) is 16.8. The first kappa shape index (κ1) is 23.0. The number of piperidine rings is 1. The van der Waals surface area contributed by atoms with Gasteiger partial charge >= 0.3 is 6.09 Å². The molecule has 2 aliphatic rings. The van der Waals surface area contributed by atoms with Gasteiger partial charge in [-0.05, 0) is 69.5 Å². The summed E-state index contributed by atoms with van der Waals surface area (Å²) < 4.78 is 17.7. The third-order valence-electron chi connectivity index (χ3n) is 6.35. The van der Waals surface area contributed by atoms with Crippen LogP contribution in [0.4, 0.5) is 16.2 Å². The lowest BCUT2D eigenvalue weighted by molar-refractivity contribution is 0.0206. The molecule has 5 rings (SSSR count). The average molecular weight is 474 g/mol. The van der Waals surface area contributed by atoms with E-state index in [0.717, 1.165) is 41.1 Å². The summed E-state index contributed by atoms with van der Waals surface area (Å²) in [4.78, 5) is 21.0. The number of fused-ring (bicyclic) bond motifs is 2. The lowest BCUT2D eigenvalue weighted by Gasteiger charge is -2.42. The van der Waals surface area contributed by atoms with Gasteiger partial charge in [-0.15, -0.1) is 0 Å². The van der Waals surface area contributed by atoms with Crippen molar-refractivity contribution in [1.82, 2.24) is 9.88 Å². The number of aromatic nitrogens is 1. The van der Waals surface area contributed by atoms with Gasteiger partial charge in [0.15, 0.2) is 17.2 Å². The molecule has 2 aliphatic heterocycles. The summed E-state index contributed by atoms with van der Waals surface area (Å²) in [7, 11) is 1.66. The first-order valence-electron chi connectivity index (χ1n) is 12.0.